The van der Waals surface area contributed by atoms with Crippen LogP contribution < -0.4 is 4.90 Å². The van der Waals surface area contributed by atoms with Gasteiger partial charge in [-0.05, 0) is 50.1 Å². The van der Waals surface area contributed by atoms with Gasteiger partial charge in [0, 0.05) is 37.2 Å². The van der Waals surface area contributed by atoms with Crippen LogP contribution in [0.3, 0.4) is 0 Å². The first kappa shape index (κ1) is 17.8. The number of anilines is 1. The summed E-state index contributed by atoms with van der Waals surface area (Å²) in [6.07, 6.45) is 0. The number of piperazine rings is 1. The number of rotatable bonds is 3. The summed E-state index contributed by atoms with van der Waals surface area (Å²) in [7, 11) is 0. The summed E-state index contributed by atoms with van der Waals surface area (Å²) in [5, 5.41) is 2.58. The Hall–Kier alpha value is -2.60. The van der Waals surface area contributed by atoms with Gasteiger partial charge in [0.15, 0.2) is 10.8 Å². The molecule has 0 N–H and O–H groups in total. The lowest BCUT2D eigenvalue weighted by Gasteiger charge is -2.36. The van der Waals surface area contributed by atoms with Crippen LogP contribution in [0.25, 0.3) is 10.8 Å². The van der Waals surface area contributed by atoms with Gasteiger partial charge in [-0.15, -0.1) is 11.3 Å². The van der Waals surface area contributed by atoms with Crippen molar-refractivity contribution >= 4 is 22.9 Å². The fraction of sp³-hybridized carbons (Fsp3) is 0.333. The Bertz CT molecular complexity index is 967. The highest BCUT2D eigenvalue weighted by molar-refractivity contribution is 7.13. The predicted octanol–water partition coefficient (Wildman–Crippen LogP) is 4.29. The highest BCUT2D eigenvalue weighted by atomic mass is 32.1. The van der Waals surface area contributed by atoms with Crippen molar-refractivity contribution in [3.05, 3.63) is 58.3 Å². The highest BCUT2D eigenvalue weighted by Gasteiger charge is 2.25. The fourth-order valence-corrected chi connectivity index (χ4v) is 4.18. The molecule has 3 heterocycles. The molecule has 0 radical (unpaired) electrons. The van der Waals surface area contributed by atoms with Crippen molar-refractivity contribution in [3.63, 3.8) is 0 Å². The van der Waals surface area contributed by atoms with E-state index in [4.69, 9.17) is 4.42 Å². The normalized spacial score (nSPS) is 14.6. The van der Waals surface area contributed by atoms with Crippen LogP contribution in [0.2, 0.25) is 0 Å². The summed E-state index contributed by atoms with van der Waals surface area (Å²) >= 11 is 1.45. The summed E-state index contributed by atoms with van der Waals surface area (Å²) in [5.74, 6) is 1.56. The second-order valence-corrected chi connectivity index (χ2v) is 7.80. The number of aryl methyl sites for hydroxylation is 2. The molecule has 27 heavy (non-hydrogen) atoms. The molecule has 1 amide bonds. The number of carbonyl (C=O) groups is 1. The lowest BCUT2D eigenvalue weighted by molar-refractivity contribution is 0.0742. The van der Waals surface area contributed by atoms with E-state index < -0.39 is 0 Å². The first-order valence-corrected chi connectivity index (χ1v) is 10.0. The Kier molecular flexibility index (Phi) is 4.74. The smallest absolute Gasteiger partial charge is 0.273 e. The molecule has 0 atom stereocenters. The molecule has 140 valence electrons. The molecule has 1 aliphatic heterocycles. The third-order valence-electron chi connectivity index (χ3n) is 5.16. The van der Waals surface area contributed by atoms with E-state index in [1.165, 1.54) is 28.2 Å². The van der Waals surface area contributed by atoms with E-state index in [9.17, 15) is 4.79 Å². The van der Waals surface area contributed by atoms with Gasteiger partial charge < -0.3 is 14.2 Å². The van der Waals surface area contributed by atoms with Crippen LogP contribution in [0.4, 0.5) is 5.69 Å². The Balaban J connectivity index is 1.43. The number of benzene rings is 1. The van der Waals surface area contributed by atoms with Gasteiger partial charge in [-0.3, -0.25) is 4.79 Å². The van der Waals surface area contributed by atoms with Crippen molar-refractivity contribution in [3.8, 4) is 10.8 Å². The first-order chi connectivity index (χ1) is 13.0. The number of carbonyl (C=O) groups excluding carboxylic acids is 1. The Morgan fingerprint density at radius 1 is 1.07 bits per heavy atom. The van der Waals surface area contributed by atoms with Crippen LogP contribution >= 0.6 is 11.3 Å². The maximum absolute atomic E-state index is 12.8. The van der Waals surface area contributed by atoms with E-state index in [1.807, 2.05) is 29.3 Å². The maximum Gasteiger partial charge on any atom is 0.273 e. The molecule has 1 aromatic carbocycles. The van der Waals surface area contributed by atoms with Crippen LogP contribution in [0.5, 0.6) is 0 Å². The first-order valence-electron chi connectivity index (χ1n) is 9.15. The molecule has 1 fully saturated rings. The second kappa shape index (κ2) is 7.19. The number of aromatic nitrogens is 1. The lowest BCUT2D eigenvalue weighted by atomic mass is 10.1. The molecule has 4 rings (SSSR count). The van der Waals surface area contributed by atoms with Crippen molar-refractivity contribution < 1.29 is 9.21 Å². The van der Waals surface area contributed by atoms with Gasteiger partial charge in [-0.1, -0.05) is 12.1 Å². The average molecular weight is 382 g/mol. The van der Waals surface area contributed by atoms with Gasteiger partial charge in [0.05, 0.1) is 0 Å². The van der Waals surface area contributed by atoms with E-state index >= 15 is 0 Å². The van der Waals surface area contributed by atoms with E-state index in [2.05, 4.69) is 41.9 Å². The minimum atomic E-state index is 0.00129. The number of amides is 1. The minimum Gasteiger partial charge on any atom is -0.459 e. The lowest BCUT2D eigenvalue weighted by Crippen LogP contribution is -2.49. The summed E-state index contributed by atoms with van der Waals surface area (Å²) in [6.45, 7) is 9.29. The van der Waals surface area contributed by atoms with Gasteiger partial charge in [0.1, 0.15) is 11.5 Å². The molecule has 0 spiro atoms. The van der Waals surface area contributed by atoms with Crippen LogP contribution in [-0.4, -0.2) is 42.0 Å². The SMILES string of the molecule is Cc1ccc(-c2nc(C(=O)N3CCN(c4cccc(C)c4C)CC3)cs2)o1. The summed E-state index contributed by atoms with van der Waals surface area (Å²) in [5.41, 5.74) is 4.39. The van der Waals surface area contributed by atoms with Crippen molar-refractivity contribution in [2.45, 2.75) is 20.8 Å². The van der Waals surface area contributed by atoms with Crippen LogP contribution in [0.1, 0.15) is 27.4 Å². The van der Waals surface area contributed by atoms with Crippen molar-refractivity contribution in [1.29, 1.82) is 0 Å². The molecule has 3 aromatic rings. The molecular weight excluding hydrogens is 358 g/mol. The highest BCUT2D eigenvalue weighted by Crippen LogP contribution is 2.27. The van der Waals surface area contributed by atoms with E-state index in [1.54, 1.807) is 0 Å². The largest absolute Gasteiger partial charge is 0.459 e. The van der Waals surface area contributed by atoms with Crippen LogP contribution in [0.15, 0.2) is 40.1 Å². The maximum atomic E-state index is 12.8. The van der Waals surface area contributed by atoms with E-state index in [-0.39, 0.29) is 5.91 Å². The molecule has 0 saturated carbocycles. The second-order valence-electron chi connectivity index (χ2n) is 6.95. The Morgan fingerprint density at radius 2 is 1.85 bits per heavy atom. The molecule has 2 aromatic heterocycles. The Labute approximate surface area is 163 Å². The van der Waals surface area contributed by atoms with Crippen LogP contribution in [-0.2, 0) is 0 Å². The zero-order chi connectivity index (χ0) is 19.0. The summed E-state index contributed by atoms with van der Waals surface area (Å²) < 4.78 is 5.61. The molecular formula is C21H23N3O2S. The summed E-state index contributed by atoms with van der Waals surface area (Å²) in [4.78, 5) is 21.6. The quantitative estimate of drug-likeness (QED) is 0.679. The van der Waals surface area contributed by atoms with E-state index in [0.717, 1.165) is 29.6 Å². The monoisotopic (exact) mass is 381 g/mol. The number of furan rings is 1. The van der Waals surface area contributed by atoms with Gasteiger partial charge >= 0.3 is 0 Å². The molecule has 1 saturated heterocycles. The molecule has 6 heteroatoms. The van der Waals surface area contributed by atoms with Gasteiger partial charge in [-0.25, -0.2) is 4.98 Å². The molecule has 0 bridgehead atoms. The van der Waals surface area contributed by atoms with Crippen molar-refractivity contribution in [2.75, 3.05) is 31.1 Å². The zero-order valence-electron chi connectivity index (χ0n) is 15.9. The van der Waals surface area contributed by atoms with Gasteiger partial charge in [0.2, 0.25) is 0 Å². The number of hydrogen-bond donors (Lipinski definition) is 0. The number of thiazole rings is 1. The average Bonchev–Trinajstić information content (AvgIpc) is 3.33. The molecule has 1 aliphatic rings. The standard InChI is InChI=1S/C21H23N3O2S/c1-14-5-4-6-18(16(14)3)23-9-11-24(12-10-23)21(25)17-13-27-20(22-17)19-8-7-15(2)26-19/h4-8,13H,9-12H2,1-3H3. The third kappa shape index (κ3) is 3.49. The van der Waals surface area contributed by atoms with Gasteiger partial charge in [-0.2, -0.15) is 0 Å². The van der Waals surface area contributed by atoms with E-state index in [0.29, 0.717) is 18.8 Å². The van der Waals surface area contributed by atoms with Crippen LogP contribution in [0, 0.1) is 20.8 Å². The molecule has 5 nitrogen and oxygen atoms in total. The topological polar surface area (TPSA) is 49.6 Å². The number of nitrogens with zero attached hydrogens (tertiary/aromatic N) is 3. The minimum absolute atomic E-state index is 0.00129. The Morgan fingerprint density at radius 3 is 2.56 bits per heavy atom. The van der Waals surface area contributed by atoms with Crippen molar-refractivity contribution in [1.82, 2.24) is 9.88 Å². The van der Waals surface area contributed by atoms with Gasteiger partial charge in [0.25, 0.3) is 5.91 Å². The zero-order valence-corrected chi connectivity index (χ0v) is 16.7. The summed E-state index contributed by atoms with van der Waals surface area (Å²) in [6, 6.07) is 10.2. The molecule has 0 aliphatic carbocycles. The fourth-order valence-electron chi connectivity index (χ4n) is 3.43. The third-order valence-corrected chi connectivity index (χ3v) is 6.01. The molecule has 0 unspecified atom stereocenters. The number of hydrogen-bond acceptors (Lipinski definition) is 5. The van der Waals surface area contributed by atoms with Crippen molar-refractivity contribution in [2.24, 2.45) is 0 Å². The predicted molar refractivity (Wildman–Crippen MR) is 109 cm³/mol.